The predicted molar refractivity (Wildman–Crippen MR) is 94.1 cm³/mol. The summed E-state index contributed by atoms with van der Waals surface area (Å²) in [4.78, 5) is 12.2. The van der Waals surface area contributed by atoms with Crippen molar-refractivity contribution >= 4 is 39.8 Å². The van der Waals surface area contributed by atoms with E-state index in [4.69, 9.17) is 0 Å². The van der Waals surface area contributed by atoms with Crippen LogP contribution in [-0.4, -0.2) is 27.4 Å². The van der Waals surface area contributed by atoms with Gasteiger partial charge in [0, 0.05) is 11.7 Å². The Morgan fingerprint density at radius 1 is 1.16 bits per heavy atom. The molecule has 5 nitrogen and oxygen atoms in total. The molecule has 1 heterocycles. The van der Waals surface area contributed by atoms with Crippen molar-refractivity contribution in [2.75, 3.05) is 10.6 Å². The Kier molecular flexibility index (Phi) is 6.28. The Labute approximate surface area is 151 Å². The molecule has 25 heavy (non-hydrogen) atoms. The zero-order valence-corrected chi connectivity index (χ0v) is 15.4. The second-order valence-electron chi connectivity index (χ2n) is 5.50. The third kappa shape index (κ3) is 5.89. The van der Waals surface area contributed by atoms with Crippen LogP contribution in [0.4, 0.5) is 24.0 Å². The number of hydrogen-bond donors (Lipinski definition) is 2. The average molecular weight is 390 g/mol. The number of hydrogen-bond acceptors (Lipinski definition) is 6. The van der Waals surface area contributed by atoms with Gasteiger partial charge >= 0.3 is 6.18 Å². The van der Waals surface area contributed by atoms with E-state index in [1.165, 1.54) is 35.2 Å². The lowest BCUT2D eigenvalue weighted by Gasteiger charge is -2.11. The highest BCUT2D eigenvalue weighted by molar-refractivity contribution is 8.02. The number of aromatic nitrogens is 2. The molecule has 1 aromatic carbocycles. The maximum Gasteiger partial charge on any atom is 0.416 e. The van der Waals surface area contributed by atoms with Crippen LogP contribution in [-0.2, 0) is 11.0 Å². The van der Waals surface area contributed by atoms with Gasteiger partial charge in [0.2, 0.25) is 11.0 Å². The van der Waals surface area contributed by atoms with Crippen LogP contribution in [0.1, 0.15) is 26.3 Å². The molecule has 1 atom stereocenters. The van der Waals surface area contributed by atoms with E-state index in [1.54, 1.807) is 6.92 Å². The summed E-state index contributed by atoms with van der Waals surface area (Å²) in [5, 5.41) is 13.9. The number of nitrogens with one attached hydrogen (secondary N) is 2. The Hall–Kier alpha value is -1.81. The molecule has 0 aliphatic rings. The first-order chi connectivity index (χ1) is 11.6. The summed E-state index contributed by atoms with van der Waals surface area (Å²) < 4.78 is 38.2. The van der Waals surface area contributed by atoms with Crippen molar-refractivity contribution in [3.8, 4) is 0 Å². The number of carbonyl (C=O) groups is 1. The fourth-order valence-electron chi connectivity index (χ4n) is 1.75. The van der Waals surface area contributed by atoms with E-state index in [-0.39, 0.29) is 11.9 Å². The molecule has 2 N–H and O–H groups in total. The van der Waals surface area contributed by atoms with E-state index in [9.17, 15) is 18.0 Å². The lowest BCUT2D eigenvalue weighted by atomic mass is 10.2. The lowest BCUT2D eigenvalue weighted by molar-refractivity contribution is -0.137. The fourth-order valence-corrected chi connectivity index (χ4v) is 3.80. The molecular weight excluding hydrogens is 373 g/mol. The number of carbonyl (C=O) groups excluding carboxylic acids is 1. The van der Waals surface area contributed by atoms with Gasteiger partial charge in [-0.1, -0.05) is 23.1 Å². The minimum Gasteiger partial charge on any atom is -0.358 e. The number of thioether (sulfide) groups is 1. The summed E-state index contributed by atoms with van der Waals surface area (Å²) in [6, 6.07) is 4.55. The largest absolute Gasteiger partial charge is 0.416 e. The van der Waals surface area contributed by atoms with E-state index < -0.39 is 17.0 Å². The number of alkyl halides is 3. The highest BCUT2D eigenvalue weighted by Gasteiger charge is 2.30. The summed E-state index contributed by atoms with van der Waals surface area (Å²) in [5.74, 6) is -0.321. The molecule has 2 rings (SSSR count). The molecule has 0 saturated heterocycles. The van der Waals surface area contributed by atoms with Crippen molar-refractivity contribution in [1.29, 1.82) is 0 Å². The maximum atomic E-state index is 12.5. The molecule has 0 radical (unpaired) electrons. The molecular formula is C15H17F3N4OS2. The Morgan fingerprint density at radius 2 is 1.80 bits per heavy atom. The van der Waals surface area contributed by atoms with E-state index in [1.807, 2.05) is 13.8 Å². The third-order valence-corrected chi connectivity index (χ3v) is 4.98. The summed E-state index contributed by atoms with van der Waals surface area (Å²) >= 11 is 2.58. The van der Waals surface area contributed by atoms with E-state index in [0.717, 1.165) is 12.1 Å². The van der Waals surface area contributed by atoms with Crippen molar-refractivity contribution in [2.45, 2.75) is 42.6 Å². The summed E-state index contributed by atoms with van der Waals surface area (Å²) in [5.41, 5.74) is -0.447. The molecule has 0 fully saturated rings. The molecule has 0 unspecified atom stereocenters. The summed E-state index contributed by atoms with van der Waals surface area (Å²) in [7, 11) is 0. The number of anilines is 2. The first kappa shape index (κ1) is 19.5. The van der Waals surface area contributed by atoms with E-state index in [0.29, 0.717) is 15.2 Å². The van der Waals surface area contributed by atoms with Crippen molar-refractivity contribution in [3.05, 3.63) is 29.8 Å². The van der Waals surface area contributed by atoms with E-state index >= 15 is 0 Å². The summed E-state index contributed by atoms with van der Waals surface area (Å²) in [6.07, 6.45) is -4.40. The number of benzene rings is 1. The van der Waals surface area contributed by atoms with Crippen molar-refractivity contribution < 1.29 is 18.0 Å². The van der Waals surface area contributed by atoms with Crippen molar-refractivity contribution in [2.24, 2.45) is 0 Å². The first-order valence-corrected chi connectivity index (χ1v) is 9.09. The Morgan fingerprint density at radius 3 is 2.36 bits per heavy atom. The predicted octanol–water partition coefficient (Wildman–Crippen LogP) is 4.50. The maximum absolute atomic E-state index is 12.5. The molecule has 0 aliphatic heterocycles. The molecule has 0 spiro atoms. The Bertz CT molecular complexity index is 716. The van der Waals surface area contributed by atoms with Gasteiger partial charge in [-0.2, -0.15) is 13.2 Å². The Balaban J connectivity index is 1.92. The van der Waals surface area contributed by atoms with Crippen LogP contribution in [0, 0.1) is 0 Å². The number of rotatable bonds is 6. The molecule has 0 bridgehead atoms. The minimum atomic E-state index is -4.40. The highest BCUT2D eigenvalue weighted by atomic mass is 32.2. The normalized spacial score (nSPS) is 12.9. The van der Waals surface area contributed by atoms with Crippen LogP contribution in [0.15, 0.2) is 28.6 Å². The van der Waals surface area contributed by atoms with Crippen molar-refractivity contribution in [3.63, 3.8) is 0 Å². The number of amides is 1. The first-order valence-electron chi connectivity index (χ1n) is 7.40. The highest BCUT2D eigenvalue weighted by Crippen LogP contribution is 2.31. The molecule has 1 aromatic heterocycles. The van der Waals surface area contributed by atoms with Gasteiger partial charge in [-0.3, -0.25) is 4.79 Å². The molecule has 2 aromatic rings. The van der Waals surface area contributed by atoms with Gasteiger partial charge in [-0.15, -0.1) is 10.2 Å². The van der Waals surface area contributed by atoms with Gasteiger partial charge in [0.05, 0.1) is 10.8 Å². The van der Waals surface area contributed by atoms with Crippen LogP contribution in [0.2, 0.25) is 0 Å². The third-order valence-electron chi connectivity index (χ3n) is 2.95. The molecule has 136 valence electrons. The monoisotopic (exact) mass is 390 g/mol. The molecule has 1 amide bonds. The second kappa shape index (κ2) is 8.05. The topological polar surface area (TPSA) is 66.9 Å². The zero-order valence-electron chi connectivity index (χ0n) is 13.7. The minimum absolute atomic E-state index is 0.228. The van der Waals surface area contributed by atoms with Crippen LogP contribution in [0.3, 0.4) is 0 Å². The van der Waals surface area contributed by atoms with Crippen LogP contribution < -0.4 is 10.6 Å². The molecule has 10 heteroatoms. The second-order valence-corrected chi connectivity index (χ2v) is 8.06. The van der Waals surface area contributed by atoms with Crippen molar-refractivity contribution in [1.82, 2.24) is 10.2 Å². The molecule has 0 aliphatic carbocycles. The quantitative estimate of drug-likeness (QED) is 0.711. The smallest absolute Gasteiger partial charge is 0.358 e. The molecule has 0 saturated carbocycles. The lowest BCUT2D eigenvalue weighted by Crippen LogP contribution is -2.22. The SMILES string of the molecule is CC(C)Nc1nnc(S[C@H](C)C(=O)Nc2ccc(C(F)(F)F)cc2)s1. The number of nitrogens with zero attached hydrogens (tertiary/aromatic N) is 2. The van der Waals surface area contributed by atoms with Gasteiger partial charge in [0.25, 0.3) is 0 Å². The average Bonchev–Trinajstić information content (AvgIpc) is 2.93. The summed E-state index contributed by atoms with van der Waals surface area (Å²) in [6.45, 7) is 5.66. The fraction of sp³-hybridized carbons (Fsp3) is 0.400. The standard InChI is InChI=1S/C15H17F3N4OS2/c1-8(2)19-13-21-22-14(25-13)24-9(3)12(23)20-11-6-4-10(5-7-11)15(16,17)18/h4-9H,1-3H3,(H,19,21)(H,20,23)/t9-/m1/s1. The van der Waals surface area contributed by atoms with Crippen LogP contribution in [0.5, 0.6) is 0 Å². The van der Waals surface area contributed by atoms with Gasteiger partial charge in [-0.05, 0) is 45.0 Å². The van der Waals surface area contributed by atoms with Crippen LogP contribution >= 0.6 is 23.1 Å². The van der Waals surface area contributed by atoms with Gasteiger partial charge in [-0.25, -0.2) is 0 Å². The van der Waals surface area contributed by atoms with Crippen LogP contribution in [0.25, 0.3) is 0 Å². The van der Waals surface area contributed by atoms with Gasteiger partial charge in [0.1, 0.15) is 0 Å². The van der Waals surface area contributed by atoms with Gasteiger partial charge < -0.3 is 10.6 Å². The van der Waals surface area contributed by atoms with Gasteiger partial charge in [0.15, 0.2) is 4.34 Å². The zero-order chi connectivity index (χ0) is 18.6. The number of halogens is 3. The van der Waals surface area contributed by atoms with E-state index in [2.05, 4.69) is 20.8 Å².